The van der Waals surface area contributed by atoms with Crippen LogP contribution in [-0.4, -0.2) is 29.6 Å². The number of rotatable bonds is 3. The molecule has 0 aliphatic rings. The van der Waals surface area contributed by atoms with Gasteiger partial charge in [0.25, 0.3) is 0 Å². The number of hydrogen-bond donors (Lipinski definition) is 1. The van der Waals surface area contributed by atoms with E-state index in [1.807, 2.05) is 12.1 Å². The van der Waals surface area contributed by atoms with Crippen LogP contribution in [0.25, 0.3) is 22.6 Å². The second kappa shape index (κ2) is 5.14. The molecular formula is C15H13N3O2S. The van der Waals surface area contributed by atoms with E-state index in [4.69, 9.17) is 0 Å². The number of imidazole rings is 1. The van der Waals surface area contributed by atoms with Crippen LogP contribution < -0.4 is 0 Å². The van der Waals surface area contributed by atoms with E-state index in [0.29, 0.717) is 10.7 Å². The Balaban J connectivity index is 1.94. The standard InChI is InChI=1S/C15H13N3O2S/c1-21(19,20)13-6-4-11(5-7-13)15-17-10-14(18-15)12-3-2-8-16-9-12/h2-10H,1H3,(H,17,18). The lowest BCUT2D eigenvalue weighted by molar-refractivity contribution is 0.602. The summed E-state index contributed by atoms with van der Waals surface area (Å²) in [5.41, 5.74) is 2.65. The van der Waals surface area contributed by atoms with Crippen LogP contribution in [0.2, 0.25) is 0 Å². The van der Waals surface area contributed by atoms with Gasteiger partial charge in [0, 0.05) is 29.8 Å². The van der Waals surface area contributed by atoms with E-state index in [-0.39, 0.29) is 0 Å². The average molecular weight is 299 g/mol. The van der Waals surface area contributed by atoms with Crippen molar-refractivity contribution < 1.29 is 8.42 Å². The second-order valence-electron chi connectivity index (χ2n) is 4.68. The Morgan fingerprint density at radius 2 is 1.76 bits per heavy atom. The molecule has 3 rings (SSSR count). The molecule has 1 N–H and O–H groups in total. The molecule has 0 atom stereocenters. The van der Waals surface area contributed by atoms with Crippen LogP contribution in [0.1, 0.15) is 0 Å². The maximum Gasteiger partial charge on any atom is 0.175 e. The van der Waals surface area contributed by atoms with Crippen LogP contribution in [-0.2, 0) is 9.84 Å². The van der Waals surface area contributed by atoms with Crippen LogP contribution in [0.15, 0.2) is 59.9 Å². The molecule has 0 unspecified atom stereocenters. The summed E-state index contributed by atoms with van der Waals surface area (Å²) in [6.07, 6.45) is 6.39. The van der Waals surface area contributed by atoms with Crippen molar-refractivity contribution >= 4 is 9.84 Å². The molecule has 0 aliphatic heterocycles. The number of aromatic amines is 1. The fraction of sp³-hybridized carbons (Fsp3) is 0.0667. The van der Waals surface area contributed by atoms with E-state index in [0.717, 1.165) is 16.8 Å². The molecule has 0 spiro atoms. The molecule has 6 heteroatoms. The molecule has 0 aliphatic carbocycles. The smallest absolute Gasteiger partial charge is 0.175 e. The van der Waals surface area contributed by atoms with Gasteiger partial charge in [-0.05, 0) is 36.4 Å². The Bertz CT molecular complexity index is 853. The predicted molar refractivity (Wildman–Crippen MR) is 80.4 cm³/mol. The number of hydrogen-bond acceptors (Lipinski definition) is 4. The van der Waals surface area contributed by atoms with Crippen molar-refractivity contribution in [3.05, 3.63) is 55.0 Å². The summed E-state index contributed by atoms with van der Waals surface area (Å²) in [6.45, 7) is 0. The lowest BCUT2D eigenvalue weighted by Crippen LogP contribution is -1.96. The quantitative estimate of drug-likeness (QED) is 0.806. The first-order valence-electron chi connectivity index (χ1n) is 6.30. The topological polar surface area (TPSA) is 75.7 Å². The van der Waals surface area contributed by atoms with Crippen molar-refractivity contribution in [2.75, 3.05) is 6.26 Å². The first-order valence-corrected chi connectivity index (χ1v) is 8.19. The Hall–Kier alpha value is -2.47. The predicted octanol–water partition coefficient (Wildman–Crippen LogP) is 2.54. The minimum atomic E-state index is -3.18. The van der Waals surface area contributed by atoms with Crippen molar-refractivity contribution in [1.82, 2.24) is 15.0 Å². The lowest BCUT2D eigenvalue weighted by Gasteiger charge is -2.00. The molecule has 0 fully saturated rings. The number of aromatic nitrogens is 3. The fourth-order valence-electron chi connectivity index (χ4n) is 2.00. The van der Waals surface area contributed by atoms with Gasteiger partial charge in [0.05, 0.1) is 16.8 Å². The summed E-state index contributed by atoms with van der Waals surface area (Å²) in [6, 6.07) is 10.4. The summed E-state index contributed by atoms with van der Waals surface area (Å²) in [4.78, 5) is 11.9. The minimum absolute atomic E-state index is 0.297. The molecule has 0 saturated heterocycles. The van der Waals surface area contributed by atoms with Gasteiger partial charge in [-0.2, -0.15) is 0 Å². The minimum Gasteiger partial charge on any atom is -0.338 e. The van der Waals surface area contributed by atoms with E-state index in [2.05, 4.69) is 15.0 Å². The van der Waals surface area contributed by atoms with Gasteiger partial charge in [0.2, 0.25) is 0 Å². The third kappa shape index (κ3) is 2.85. The molecule has 2 aromatic heterocycles. The van der Waals surface area contributed by atoms with E-state index in [1.54, 1.807) is 42.9 Å². The van der Waals surface area contributed by atoms with E-state index >= 15 is 0 Å². The zero-order valence-electron chi connectivity index (χ0n) is 11.3. The Labute approximate surface area is 122 Å². The summed E-state index contributed by atoms with van der Waals surface area (Å²) in [5, 5.41) is 0. The molecule has 3 aromatic rings. The second-order valence-corrected chi connectivity index (χ2v) is 6.70. The van der Waals surface area contributed by atoms with E-state index in [1.165, 1.54) is 6.26 Å². The van der Waals surface area contributed by atoms with Gasteiger partial charge in [0.1, 0.15) is 5.82 Å². The first kappa shape index (κ1) is 13.5. The van der Waals surface area contributed by atoms with Crippen molar-refractivity contribution in [1.29, 1.82) is 0 Å². The third-order valence-electron chi connectivity index (χ3n) is 3.10. The van der Waals surface area contributed by atoms with Crippen molar-refractivity contribution in [2.45, 2.75) is 4.90 Å². The fourth-order valence-corrected chi connectivity index (χ4v) is 2.63. The number of nitrogens with zero attached hydrogens (tertiary/aromatic N) is 2. The summed E-state index contributed by atoms with van der Waals surface area (Å²) >= 11 is 0. The monoisotopic (exact) mass is 299 g/mol. The summed E-state index contributed by atoms with van der Waals surface area (Å²) < 4.78 is 22.9. The molecule has 1 aromatic carbocycles. The van der Waals surface area contributed by atoms with Crippen molar-refractivity contribution in [3.8, 4) is 22.6 Å². The average Bonchev–Trinajstić information content (AvgIpc) is 2.97. The van der Waals surface area contributed by atoms with Gasteiger partial charge in [-0.3, -0.25) is 4.98 Å². The molecule has 0 amide bonds. The molecule has 2 heterocycles. The largest absolute Gasteiger partial charge is 0.338 e. The van der Waals surface area contributed by atoms with E-state index < -0.39 is 9.84 Å². The molecule has 0 saturated carbocycles. The van der Waals surface area contributed by atoms with Gasteiger partial charge in [-0.1, -0.05) is 0 Å². The van der Waals surface area contributed by atoms with Crippen LogP contribution in [0, 0.1) is 0 Å². The van der Waals surface area contributed by atoms with Crippen molar-refractivity contribution in [3.63, 3.8) is 0 Å². The van der Waals surface area contributed by atoms with Gasteiger partial charge in [0.15, 0.2) is 9.84 Å². The summed E-state index contributed by atoms with van der Waals surface area (Å²) in [7, 11) is -3.18. The van der Waals surface area contributed by atoms with Crippen LogP contribution in [0.4, 0.5) is 0 Å². The Kier molecular flexibility index (Phi) is 3.31. The molecule has 106 valence electrons. The third-order valence-corrected chi connectivity index (χ3v) is 4.23. The molecule has 21 heavy (non-hydrogen) atoms. The number of sulfone groups is 1. The van der Waals surface area contributed by atoms with Gasteiger partial charge >= 0.3 is 0 Å². The Morgan fingerprint density at radius 1 is 1.00 bits per heavy atom. The first-order chi connectivity index (χ1) is 10.0. The van der Waals surface area contributed by atoms with Crippen LogP contribution in [0.5, 0.6) is 0 Å². The normalized spacial score (nSPS) is 11.5. The highest BCUT2D eigenvalue weighted by Crippen LogP contribution is 2.22. The molecular weight excluding hydrogens is 286 g/mol. The molecule has 0 bridgehead atoms. The zero-order valence-corrected chi connectivity index (χ0v) is 12.1. The van der Waals surface area contributed by atoms with Crippen LogP contribution in [0.3, 0.4) is 0 Å². The highest BCUT2D eigenvalue weighted by Gasteiger charge is 2.09. The lowest BCUT2D eigenvalue weighted by atomic mass is 10.2. The summed E-state index contributed by atoms with van der Waals surface area (Å²) in [5.74, 6) is 0.689. The Morgan fingerprint density at radius 3 is 2.38 bits per heavy atom. The number of benzene rings is 1. The maximum atomic E-state index is 11.4. The van der Waals surface area contributed by atoms with Gasteiger partial charge in [-0.15, -0.1) is 0 Å². The van der Waals surface area contributed by atoms with Gasteiger partial charge < -0.3 is 4.98 Å². The highest BCUT2D eigenvalue weighted by molar-refractivity contribution is 7.90. The maximum absolute atomic E-state index is 11.4. The number of pyridine rings is 1. The van der Waals surface area contributed by atoms with E-state index in [9.17, 15) is 8.42 Å². The highest BCUT2D eigenvalue weighted by atomic mass is 32.2. The van der Waals surface area contributed by atoms with Gasteiger partial charge in [-0.25, -0.2) is 13.4 Å². The number of H-pyrrole nitrogens is 1. The number of nitrogens with one attached hydrogen (secondary N) is 1. The molecule has 0 radical (unpaired) electrons. The molecule has 5 nitrogen and oxygen atoms in total. The zero-order chi connectivity index (χ0) is 14.9. The SMILES string of the molecule is CS(=O)(=O)c1ccc(-c2ncc(-c3cccnc3)[nH]2)cc1. The van der Waals surface area contributed by atoms with Crippen LogP contribution >= 0.6 is 0 Å². The van der Waals surface area contributed by atoms with Crippen molar-refractivity contribution in [2.24, 2.45) is 0 Å².